The summed E-state index contributed by atoms with van der Waals surface area (Å²) in [5, 5.41) is 12.5. The SMILES string of the molecule is CCCCCc1nnc(NC(=O)CSCc2ccc(Cl)s2)s1. The van der Waals surface area contributed by atoms with Crippen LogP contribution < -0.4 is 5.32 Å². The molecule has 120 valence electrons. The fourth-order valence-corrected chi connectivity index (χ4v) is 4.58. The molecule has 0 spiro atoms. The van der Waals surface area contributed by atoms with E-state index in [1.54, 1.807) is 23.1 Å². The third kappa shape index (κ3) is 6.24. The van der Waals surface area contributed by atoms with Gasteiger partial charge in [0.05, 0.1) is 10.1 Å². The lowest BCUT2D eigenvalue weighted by Crippen LogP contribution is -2.13. The summed E-state index contributed by atoms with van der Waals surface area (Å²) >= 11 is 10.5. The number of aryl methyl sites for hydroxylation is 1. The second-order valence-corrected chi connectivity index (χ2v) is 8.55. The third-order valence-electron chi connectivity index (χ3n) is 2.81. The highest BCUT2D eigenvalue weighted by Crippen LogP contribution is 2.25. The van der Waals surface area contributed by atoms with Crippen molar-refractivity contribution in [3.05, 3.63) is 26.4 Å². The second kappa shape index (κ2) is 9.50. The Kier molecular flexibility index (Phi) is 7.65. The average Bonchev–Trinajstić information content (AvgIpc) is 3.09. The predicted molar refractivity (Wildman–Crippen MR) is 97.3 cm³/mol. The van der Waals surface area contributed by atoms with Gasteiger partial charge in [-0.2, -0.15) is 0 Å². The van der Waals surface area contributed by atoms with Crippen LogP contribution >= 0.6 is 46.0 Å². The Hall–Kier alpha value is -0.630. The minimum atomic E-state index is -0.0380. The van der Waals surface area contributed by atoms with Crippen molar-refractivity contribution in [3.8, 4) is 0 Å². The Morgan fingerprint density at radius 3 is 2.91 bits per heavy atom. The van der Waals surface area contributed by atoms with Crippen LogP contribution in [-0.2, 0) is 17.0 Å². The van der Waals surface area contributed by atoms with Gasteiger partial charge in [-0.15, -0.1) is 33.3 Å². The van der Waals surface area contributed by atoms with Crippen LogP contribution in [0.2, 0.25) is 4.34 Å². The number of nitrogens with one attached hydrogen (secondary N) is 1. The van der Waals surface area contributed by atoms with Crippen molar-refractivity contribution in [3.63, 3.8) is 0 Å². The largest absolute Gasteiger partial charge is 0.300 e. The van der Waals surface area contributed by atoms with Gasteiger partial charge in [0.2, 0.25) is 11.0 Å². The van der Waals surface area contributed by atoms with Gasteiger partial charge in [-0.05, 0) is 18.6 Å². The highest BCUT2D eigenvalue weighted by Gasteiger charge is 2.08. The standard InChI is InChI=1S/C14H18ClN3OS3/c1-2-3-4-5-13-17-18-14(22-13)16-12(19)9-20-8-10-6-7-11(15)21-10/h6-7H,2-5,8-9H2,1H3,(H,16,18,19). The lowest BCUT2D eigenvalue weighted by molar-refractivity contribution is -0.113. The van der Waals surface area contributed by atoms with Crippen molar-refractivity contribution in [2.75, 3.05) is 11.1 Å². The summed E-state index contributed by atoms with van der Waals surface area (Å²) < 4.78 is 0.782. The zero-order chi connectivity index (χ0) is 15.8. The van der Waals surface area contributed by atoms with Crippen LogP contribution in [-0.4, -0.2) is 21.9 Å². The smallest absolute Gasteiger partial charge is 0.236 e. The molecule has 1 N–H and O–H groups in total. The molecule has 2 rings (SSSR count). The molecule has 0 aliphatic carbocycles. The molecule has 0 saturated carbocycles. The minimum absolute atomic E-state index is 0.0380. The fraction of sp³-hybridized carbons (Fsp3) is 0.500. The Balaban J connectivity index is 1.68. The molecule has 22 heavy (non-hydrogen) atoms. The van der Waals surface area contributed by atoms with Crippen molar-refractivity contribution in [1.82, 2.24) is 10.2 Å². The Labute approximate surface area is 147 Å². The number of carbonyl (C=O) groups excluding carboxylic acids is 1. The predicted octanol–water partition coefficient (Wildman–Crippen LogP) is 4.86. The van der Waals surface area contributed by atoms with E-state index in [0.717, 1.165) is 27.9 Å². The first-order valence-corrected chi connectivity index (χ1v) is 10.3. The van der Waals surface area contributed by atoms with Crippen LogP contribution in [0, 0.1) is 0 Å². The lowest BCUT2D eigenvalue weighted by Gasteiger charge is -2.00. The molecule has 4 nitrogen and oxygen atoms in total. The molecule has 1 amide bonds. The quantitative estimate of drug-likeness (QED) is 0.636. The third-order valence-corrected chi connectivity index (χ3v) is 6.11. The van der Waals surface area contributed by atoms with Crippen LogP contribution in [0.15, 0.2) is 12.1 Å². The van der Waals surface area contributed by atoms with Crippen LogP contribution in [0.25, 0.3) is 0 Å². The molecule has 0 bridgehead atoms. The van der Waals surface area contributed by atoms with Gasteiger partial charge in [-0.25, -0.2) is 0 Å². The highest BCUT2D eigenvalue weighted by atomic mass is 35.5. The maximum Gasteiger partial charge on any atom is 0.236 e. The number of halogens is 1. The molecular weight excluding hydrogens is 358 g/mol. The van der Waals surface area contributed by atoms with Crippen molar-refractivity contribution >= 4 is 57.1 Å². The number of aromatic nitrogens is 2. The van der Waals surface area contributed by atoms with E-state index >= 15 is 0 Å². The Morgan fingerprint density at radius 1 is 1.32 bits per heavy atom. The summed E-state index contributed by atoms with van der Waals surface area (Å²) in [6.45, 7) is 2.17. The maximum atomic E-state index is 11.9. The van der Waals surface area contributed by atoms with Gasteiger partial charge < -0.3 is 0 Å². The van der Waals surface area contributed by atoms with E-state index in [1.165, 1.54) is 29.1 Å². The summed E-state index contributed by atoms with van der Waals surface area (Å²) in [5.41, 5.74) is 0. The first-order chi connectivity index (χ1) is 10.7. The molecule has 2 heterocycles. The summed E-state index contributed by atoms with van der Waals surface area (Å²) in [7, 11) is 0. The fourth-order valence-electron chi connectivity index (χ4n) is 1.76. The van der Waals surface area contributed by atoms with E-state index in [4.69, 9.17) is 11.6 Å². The van der Waals surface area contributed by atoms with Gasteiger partial charge in [0.15, 0.2) is 0 Å². The number of anilines is 1. The van der Waals surface area contributed by atoms with Gasteiger partial charge in [0, 0.05) is 17.1 Å². The zero-order valence-electron chi connectivity index (χ0n) is 12.3. The number of hydrogen-bond donors (Lipinski definition) is 1. The highest BCUT2D eigenvalue weighted by molar-refractivity contribution is 7.99. The zero-order valence-corrected chi connectivity index (χ0v) is 15.5. The van der Waals surface area contributed by atoms with Gasteiger partial charge in [0.25, 0.3) is 0 Å². The lowest BCUT2D eigenvalue weighted by atomic mass is 10.2. The van der Waals surface area contributed by atoms with Gasteiger partial charge in [0.1, 0.15) is 5.01 Å². The van der Waals surface area contributed by atoms with Crippen molar-refractivity contribution in [2.24, 2.45) is 0 Å². The van der Waals surface area contributed by atoms with Crippen LogP contribution in [0.3, 0.4) is 0 Å². The van der Waals surface area contributed by atoms with Crippen molar-refractivity contribution < 1.29 is 4.79 Å². The van der Waals surface area contributed by atoms with E-state index in [0.29, 0.717) is 10.9 Å². The van der Waals surface area contributed by atoms with Crippen molar-refractivity contribution in [1.29, 1.82) is 0 Å². The molecule has 0 aromatic carbocycles. The first kappa shape index (κ1) is 17.7. The van der Waals surface area contributed by atoms with E-state index in [9.17, 15) is 4.79 Å². The van der Waals surface area contributed by atoms with Crippen LogP contribution in [0.5, 0.6) is 0 Å². The molecule has 0 fully saturated rings. The van der Waals surface area contributed by atoms with Gasteiger partial charge in [-0.3, -0.25) is 10.1 Å². The average molecular weight is 376 g/mol. The molecule has 0 radical (unpaired) electrons. The number of carbonyl (C=O) groups is 1. The van der Waals surface area contributed by atoms with Crippen LogP contribution in [0.4, 0.5) is 5.13 Å². The summed E-state index contributed by atoms with van der Waals surface area (Å²) in [5.74, 6) is 1.16. The van der Waals surface area contributed by atoms with E-state index in [-0.39, 0.29) is 5.91 Å². The Morgan fingerprint density at radius 2 is 2.18 bits per heavy atom. The number of unbranched alkanes of at least 4 members (excludes halogenated alkanes) is 2. The van der Waals surface area contributed by atoms with Gasteiger partial charge >= 0.3 is 0 Å². The molecule has 0 aliphatic heterocycles. The van der Waals surface area contributed by atoms with Crippen molar-refractivity contribution in [2.45, 2.75) is 38.4 Å². The number of amides is 1. The van der Waals surface area contributed by atoms with E-state index < -0.39 is 0 Å². The van der Waals surface area contributed by atoms with Gasteiger partial charge in [-0.1, -0.05) is 42.7 Å². The molecule has 2 aromatic heterocycles. The van der Waals surface area contributed by atoms with E-state index in [2.05, 4.69) is 22.4 Å². The minimum Gasteiger partial charge on any atom is -0.300 e. The normalized spacial score (nSPS) is 10.8. The number of hydrogen-bond acceptors (Lipinski definition) is 6. The molecule has 8 heteroatoms. The number of thioether (sulfide) groups is 1. The molecule has 0 saturated heterocycles. The second-order valence-electron chi connectivity index (χ2n) is 4.70. The number of rotatable bonds is 9. The van der Waals surface area contributed by atoms with E-state index in [1.807, 2.05) is 12.1 Å². The first-order valence-electron chi connectivity index (χ1n) is 7.11. The molecule has 0 atom stereocenters. The summed E-state index contributed by atoms with van der Waals surface area (Å²) in [6.07, 6.45) is 4.45. The molecule has 2 aromatic rings. The molecular formula is C14H18ClN3OS3. The Bertz CT molecular complexity index is 600. The topological polar surface area (TPSA) is 54.9 Å². The van der Waals surface area contributed by atoms with Crippen LogP contribution in [0.1, 0.15) is 36.1 Å². The monoisotopic (exact) mass is 375 g/mol. The maximum absolute atomic E-state index is 11.9. The summed E-state index contributed by atoms with van der Waals surface area (Å²) in [6, 6.07) is 3.87. The number of nitrogens with zero attached hydrogens (tertiary/aromatic N) is 2. The molecule has 0 unspecified atom stereocenters. The summed E-state index contributed by atoms with van der Waals surface area (Å²) in [4.78, 5) is 13.0. The molecule has 0 aliphatic rings. The number of thiophene rings is 1.